The minimum Gasteiger partial charge on any atom is -0.405 e. The summed E-state index contributed by atoms with van der Waals surface area (Å²) in [5, 5.41) is 2.55. The van der Waals surface area contributed by atoms with Crippen LogP contribution in [0.2, 0.25) is 5.04 Å². The predicted molar refractivity (Wildman–Crippen MR) is 122 cm³/mol. The van der Waals surface area contributed by atoms with Crippen LogP contribution in [-0.2, 0) is 13.9 Å². The summed E-state index contributed by atoms with van der Waals surface area (Å²) in [6.07, 6.45) is 4.81. The summed E-state index contributed by atoms with van der Waals surface area (Å²) in [5.74, 6) is 0. The maximum atomic E-state index is 6.98. The first-order valence-corrected chi connectivity index (χ1v) is 12.5. The van der Waals surface area contributed by atoms with Crippen LogP contribution >= 0.6 is 0 Å². The molecule has 0 radical (unpaired) electrons. The fraction of sp³-hybridized carbons (Fsp3) is 0.440. The van der Waals surface area contributed by atoms with Gasteiger partial charge in [0.05, 0.1) is 18.8 Å². The maximum absolute atomic E-state index is 6.98. The molecule has 156 valence electrons. The van der Waals surface area contributed by atoms with Crippen molar-refractivity contribution >= 4 is 18.7 Å². The van der Waals surface area contributed by atoms with Crippen LogP contribution in [0, 0.1) is 0 Å². The van der Waals surface area contributed by atoms with Crippen molar-refractivity contribution in [2.75, 3.05) is 6.61 Å². The number of ether oxygens (including phenoxy) is 2. The van der Waals surface area contributed by atoms with E-state index in [1.165, 1.54) is 10.4 Å². The van der Waals surface area contributed by atoms with Crippen LogP contribution in [-0.4, -0.2) is 33.4 Å². The van der Waals surface area contributed by atoms with Crippen molar-refractivity contribution in [3.63, 3.8) is 0 Å². The molecule has 0 bridgehead atoms. The zero-order valence-corrected chi connectivity index (χ0v) is 19.3. The molecular formula is C25H34O3Si. The molecule has 0 saturated heterocycles. The number of rotatable bonds is 7. The number of hydrogen-bond acceptors (Lipinski definition) is 3. The van der Waals surface area contributed by atoms with Crippen molar-refractivity contribution in [1.82, 2.24) is 0 Å². The lowest BCUT2D eigenvalue weighted by molar-refractivity contribution is -0.171. The molecule has 2 atom stereocenters. The second-order valence-corrected chi connectivity index (χ2v) is 13.3. The second-order valence-electron chi connectivity index (χ2n) is 8.95. The van der Waals surface area contributed by atoms with E-state index in [-0.39, 0.29) is 23.5 Å². The maximum Gasteiger partial charge on any atom is 0.261 e. The molecule has 1 unspecified atom stereocenters. The fourth-order valence-electron chi connectivity index (χ4n) is 4.06. The Morgan fingerprint density at radius 2 is 1.52 bits per heavy atom. The molecule has 2 aromatic carbocycles. The third-order valence-electron chi connectivity index (χ3n) is 5.33. The Morgan fingerprint density at radius 1 is 0.966 bits per heavy atom. The van der Waals surface area contributed by atoms with Gasteiger partial charge in [-0.2, -0.15) is 0 Å². The van der Waals surface area contributed by atoms with Gasteiger partial charge in [-0.15, -0.1) is 0 Å². The molecule has 0 N–H and O–H groups in total. The van der Waals surface area contributed by atoms with Crippen molar-refractivity contribution in [2.24, 2.45) is 0 Å². The topological polar surface area (TPSA) is 27.7 Å². The molecule has 2 aromatic rings. The van der Waals surface area contributed by atoms with E-state index in [4.69, 9.17) is 13.9 Å². The molecule has 3 rings (SSSR count). The Bertz CT molecular complexity index is 741. The van der Waals surface area contributed by atoms with Gasteiger partial charge in [0.15, 0.2) is 6.29 Å². The van der Waals surface area contributed by atoms with E-state index in [1.807, 2.05) is 19.9 Å². The standard InChI is InChI=1S/C25H34O3Si/c1-20(2)27-24-18-12-13-21(28-24)19-26-29(25(3,4)5,22-14-8-6-9-15-22)23-16-10-7-11-17-23/h6-12,14-18,20-21,24H,13,19H2,1-5H3/t21-,24?/m1/s1. The Kier molecular flexibility index (Phi) is 7.12. The van der Waals surface area contributed by atoms with E-state index < -0.39 is 8.32 Å². The van der Waals surface area contributed by atoms with Crippen molar-refractivity contribution < 1.29 is 13.9 Å². The molecule has 1 heterocycles. The first-order valence-electron chi connectivity index (χ1n) is 10.6. The van der Waals surface area contributed by atoms with Crippen molar-refractivity contribution in [2.45, 2.75) is 64.6 Å². The normalized spacial score (nSPS) is 20.2. The van der Waals surface area contributed by atoms with Crippen LogP contribution in [0.25, 0.3) is 0 Å². The predicted octanol–water partition coefficient (Wildman–Crippen LogP) is 4.66. The zero-order chi connectivity index (χ0) is 20.9. The summed E-state index contributed by atoms with van der Waals surface area (Å²) >= 11 is 0. The highest BCUT2D eigenvalue weighted by molar-refractivity contribution is 6.99. The summed E-state index contributed by atoms with van der Waals surface area (Å²) in [7, 11) is -2.53. The van der Waals surface area contributed by atoms with Crippen LogP contribution in [0.3, 0.4) is 0 Å². The Morgan fingerprint density at radius 3 is 2.00 bits per heavy atom. The monoisotopic (exact) mass is 410 g/mol. The lowest BCUT2D eigenvalue weighted by Gasteiger charge is -2.44. The molecule has 0 fully saturated rings. The van der Waals surface area contributed by atoms with Gasteiger partial charge < -0.3 is 13.9 Å². The van der Waals surface area contributed by atoms with Crippen molar-refractivity contribution in [3.8, 4) is 0 Å². The van der Waals surface area contributed by atoms with E-state index in [2.05, 4.69) is 87.5 Å². The zero-order valence-electron chi connectivity index (χ0n) is 18.3. The van der Waals surface area contributed by atoms with Gasteiger partial charge in [-0.1, -0.05) is 87.5 Å². The van der Waals surface area contributed by atoms with E-state index in [0.717, 1.165) is 6.42 Å². The van der Waals surface area contributed by atoms with Crippen molar-refractivity contribution in [1.29, 1.82) is 0 Å². The molecule has 0 saturated carbocycles. The van der Waals surface area contributed by atoms with Gasteiger partial charge in [0.2, 0.25) is 0 Å². The van der Waals surface area contributed by atoms with E-state index in [0.29, 0.717) is 6.61 Å². The molecule has 29 heavy (non-hydrogen) atoms. The molecule has 0 aromatic heterocycles. The summed E-state index contributed by atoms with van der Waals surface area (Å²) in [6, 6.07) is 21.5. The largest absolute Gasteiger partial charge is 0.405 e. The molecule has 1 aliphatic heterocycles. The quantitative estimate of drug-likeness (QED) is 0.491. The second kappa shape index (κ2) is 9.39. The van der Waals surface area contributed by atoms with Crippen LogP contribution in [0.5, 0.6) is 0 Å². The Hall–Kier alpha value is -1.72. The average molecular weight is 411 g/mol. The van der Waals surface area contributed by atoms with Crippen LogP contribution in [0.1, 0.15) is 41.0 Å². The molecule has 0 aliphatic carbocycles. The van der Waals surface area contributed by atoms with Gasteiger partial charge in [0.1, 0.15) is 0 Å². The third-order valence-corrected chi connectivity index (χ3v) is 10.3. The number of hydrogen-bond donors (Lipinski definition) is 0. The molecule has 3 nitrogen and oxygen atoms in total. The molecule has 0 spiro atoms. The molecule has 1 aliphatic rings. The Labute approximate surface area is 176 Å². The average Bonchev–Trinajstić information content (AvgIpc) is 2.69. The van der Waals surface area contributed by atoms with E-state index in [9.17, 15) is 0 Å². The van der Waals surface area contributed by atoms with Gasteiger partial charge in [-0.05, 0) is 41.8 Å². The highest BCUT2D eigenvalue weighted by Gasteiger charge is 2.50. The smallest absolute Gasteiger partial charge is 0.261 e. The van der Waals surface area contributed by atoms with E-state index in [1.54, 1.807) is 0 Å². The highest BCUT2D eigenvalue weighted by Crippen LogP contribution is 2.37. The van der Waals surface area contributed by atoms with Gasteiger partial charge >= 0.3 is 0 Å². The van der Waals surface area contributed by atoms with Crippen LogP contribution in [0.15, 0.2) is 72.8 Å². The van der Waals surface area contributed by atoms with Crippen molar-refractivity contribution in [3.05, 3.63) is 72.8 Å². The summed E-state index contributed by atoms with van der Waals surface area (Å²) in [5.41, 5.74) is 0. The fourth-order valence-corrected chi connectivity index (χ4v) is 8.66. The Balaban J connectivity index is 1.91. The molecular weight excluding hydrogens is 376 g/mol. The molecule has 4 heteroatoms. The third kappa shape index (κ3) is 5.07. The highest BCUT2D eigenvalue weighted by atomic mass is 28.4. The van der Waals surface area contributed by atoms with E-state index >= 15 is 0 Å². The van der Waals surface area contributed by atoms with Gasteiger partial charge in [0.25, 0.3) is 8.32 Å². The lowest BCUT2D eigenvalue weighted by atomic mass is 10.2. The first kappa shape index (κ1) is 22.0. The van der Waals surface area contributed by atoms with Crippen LogP contribution < -0.4 is 10.4 Å². The van der Waals surface area contributed by atoms with Crippen LogP contribution in [0.4, 0.5) is 0 Å². The summed E-state index contributed by atoms with van der Waals surface area (Å²) < 4.78 is 19.0. The minimum absolute atomic E-state index is 0.00889. The molecule has 0 amide bonds. The lowest BCUT2D eigenvalue weighted by Crippen LogP contribution is -2.67. The van der Waals surface area contributed by atoms with Gasteiger partial charge in [-0.3, -0.25) is 0 Å². The minimum atomic E-state index is -2.53. The SMILES string of the molecule is CC(C)OC1C=CC[C@H](CO[Si](c2ccccc2)(c2ccccc2)C(C)(C)C)O1. The number of benzene rings is 2. The summed E-state index contributed by atoms with van der Waals surface area (Å²) in [6.45, 7) is 11.5. The summed E-state index contributed by atoms with van der Waals surface area (Å²) in [4.78, 5) is 0. The van der Waals surface area contributed by atoms with Gasteiger partial charge in [0, 0.05) is 0 Å². The first-order chi connectivity index (χ1) is 13.8. The van der Waals surface area contributed by atoms with Gasteiger partial charge in [-0.25, -0.2) is 0 Å².